The molecule has 0 bridgehead atoms. The number of rotatable bonds is 8. The average Bonchev–Trinajstić information content (AvgIpc) is 2.89. The zero-order valence-corrected chi connectivity index (χ0v) is 11.5. The maximum atomic E-state index is 9.91. The predicted molar refractivity (Wildman–Crippen MR) is 72.2 cm³/mol. The van der Waals surface area contributed by atoms with E-state index in [4.69, 9.17) is 0 Å². The average molecular weight is 257 g/mol. The Morgan fingerprint density at radius 1 is 1.41 bits per heavy atom. The van der Waals surface area contributed by atoms with Crippen molar-refractivity contribution in [2.24, 2.45) is 5.41 Å². The monoisotopic (exact) mass is 257 g/mol. The van der Waals surface area contributed by atoms with E-state index < -0.39 is 6.10 Å². The summed E-state index contributed by atoms with van der Waals surface area (Å²) in [5.41, 5.74) is -0.0465. The number of thiophene rings is 1. The van der Waals surface area contributed by atoms with E-state index in [1.807, 2.05) is 17.5 Å². The van der Waals surface area contributed by atoms with Crippen molar-refractivity contribution < 1.29 is 10.2 Å². The first-order chi connectivity index (χ1) is 8.17. The lowest BCUT2D eigenvalue weighted by Crippen LogP contribution is -2.38. The Bertz CT molecular complexity index is 288. The van der Waals surface area contributed by atoms with Crippen LogP contribution in [-0.4, -0.2) is 29.9 Å². The molecular weight excluding hydrogens is 234 g/mol. The van der Waals surface area contributed by atoms with Gasteiger partial charge in [-0.1, -0.05) is 19.9 Å². The van der Waals surface area contributed by atoms with Gasteiger partial charge in [0.15, 0.2) is 0 Å². The topological polar surface area (TPSA) is 52.5 Å². The van der Waals surface area contributed by atoms with Crippen molar-refractivity contribution in [2.45, 2.75) is 32.8 Å². The Labute approximate surface area is 107 Å². The van der Waals surface area contributed by atoms with Gasteiger partial charge in [-0.3, -0.25) is 0 Å². The Kier molecular flexibility index (Phi) is 6.12. The molecule has 3 nitrogen and oxygen atoms in total. The fraction of sp³-hybridized carbons (Fsp3) is 0.692. The normalized spacial score (nSPS) is 13.9. The number of aliphatic hydroxyl groups is 2. The van der Waals surface area contributed by atoms with E-state index in [0.717, 1.165) is 24.3 Å². The molecule has 0 aliphatic rings. The highest BCUT2D eigenvalue weighted by Crippen LogP contribution is 2.25. The first kappa shape index (κ1) is 14.6. The fourth-order valence-electron chi connectivity index (χ4n) is 1.84. The second kappa shape index (κ2) is 7.11. The van der Waals surface area contributed by atoms with Crippen molar-refractivity contribution in [3.05, 3.63) is 22.4 Å². The molecule has 1 unspecified atom stereocenters. The standard InChI is InChI=1S/C13H23NO2S/c1-3-13(4-2,10-15)9-14-8-11(16)12-6-5-7-17-12/h5-7,11,14-16H,3-4,8-10H2,1-2H3. The van der Waals surface area contributed by atoms with Gasteiger partial charge in [0.1, 0.15) is 6.10 Å². The highest BCUT2D eigenvalue weighted by molar-refractivity contribution is 7.10. The molecular formula is C13H23NO2S. The van der Waals surface area contributed by atoms with E-state index in [2.05, 4.69) is 19.2 Å². The van der Waals surface area contributed by atoms with Gasteiger partial charge in [-0.2, -0.15) is 0 Å². The van der Waals surface area contributed by atoms with Crippen molar-refractivity contribution in [3.8, 4) is 0 Å². The van der Waals surface area contributed by atoms with Gasteiger partial charge >= 0.3 is 0 Å². The van der Waals surface area contributed by atoms with Crippen LogP contribution in [0.1, 0.15) is 37.7 Å². The molecule has 0 fully saturated rings. The number of nitrogens with one attached hydrogen (secondary N) is 1. The largest absolute Gasteiger partial charge is 0.396 e. The summed E-state index contributed by atoms with van der Waals surface area (Å²) in [5, 5.41) is 24.6. The Balaban J connectivity index is 2.36. The van der Waals surface area contributed by atoms with E-state index in [-0.39, 0.29) is 12.0 Å². The van der Waals surface area contributed by atoms with Crippen LogP contribution in [0.4, 0.5) is 0 Å². The van der Waals surface area contributed by atoms with Gasteiger partial charge in [-0.25, -0.2) is 0 Å². The van der Waals surface area contributed by atoms with Gasteiger partial charge in [0.25, 0.3) is 0 Å². The number of aliphatic hydroxyl groups excluding tert-OH is 2. The molecule has 1 aromatic rings. The highest BCUT2D eigenvalue weighted by Gasteiger charge is 2.24. The van der Waals surface area contributed by atoms with Gasteiger partial charge in [-0.15, -0.1) is 11.3 Å². The summed E-state index contributed by atoms with van der Waals surface area (Å²) in [4.78, 5) is 0.986. The molecule has 1 rings (SSSR count). The number of hydrogen-bond donors (Lipinski definition) is 3. The summed E-state index contributed by atoms with van der Waals surface area (Å²) < 4.78 is 0. The van der Waals surface area contributed by atoms with E-state index in [9.17, 15) is 10.2 Å². The molecule has 4 heteroatoms. The minimum atomic E-state index is -0.444. The van der Waals surface area contributed by atoms with Crippen molar-refractivity contribution in [1.29, 1.82) is 0 Å². The Hall–Kier alpha value is -0.420. The molecule has 3 N–H and O–H groups in total. The van der Waals surface area contributed by atoms with Crippen LogP contribution in [0.2, 0.25) is 0 Å². The van der Waals surface area contributed by atoms with Crippen LogP contribution in [0, 0.1) is 5.41 Å². The molecule has 98 valence electrons. The summed E-state index contributed by atoms with van der Waals surface area (Å²) in [6, 6.07) is 3.88. The van der Waals surface area contributed by atoms with Crippen molar-refractivity contribution in [2.75, 3.05) is 19.7 Å². The number of hydrogen-bond acceptors (Lipinski definition) is 4. The molecule has 1 heterocycles. The zero-order valence-electron chi connectivity index (χ0n) is 10.6. The molecule has 0 saturated carbocycles. The summed E-state index contributed by atoms with van der Waals surface area (Å²) in [5.74, 6) is 0. The van der Waals surface area contributed by atoms with Gasteiger partial charge in [0.2, 0.25) is 0 Å². The second-order valence-corrected chi connectivity index (χ2v) is 5.51. The summed E-state index contributed by atoms with van der Waals surface area (Å²) in [6.07, 6.45) is 1.45. The van der Waals surface area contributed by atoms with Gasteiger partial charge in [0.05, 0.1) is 0 Å². The predicted octanol–water partition coefficient (Wildman–Crippen LogP) is 2.17. The van der Waals surface area contributed by atoms with Crippen molar-refractivity contribution in [1.82, 2.24) is 5.32 Å². The van der Waals surface area contributed by atoms with Crippen LogP contribution in [-0.2, 0) is 0 Å². The SMILES string of the molecule is CCC(CC)(CO)CNCC(O)c1cccs1. The Morgan fingerprint density at radius 2 is 2.12 bits per heavy atom. The van der Waals surface area contributed by atoms with E-state index in [1.165, 1.54) is 0 Å². The fourth-order valence-corrected chi connectivity index (χ4v) is 2.55. The minimum absolute atomic E-state index is 0.0465. The lowest BCUT2D eigenvalue weighted by molar-refractivity contribution is 0.104. The molecule has 1 atom stereocenters. The van der Waals surface area contributed by atoms with Crippen LogP contribution in [0.25, 0.3) is 0 Å². The van der Waals surface area contributed by atoms with Crippen LogP contribution in [0.15, 0.2) is 17.5 Å². The maximum Gasteiger partial charge on any atom is 0.101 e. The third-order valence-electron chi connectivity index (χ3n) is 3.54. The minimum Gasteiger partial charge on any atom is -0.396 e. The Morgan fingerprint density at radius 3 is 2.59 bits per heavy atom. The van der Waals surface area contributed by atoms with Crippen LogP contribution >= 0.6 is 11.3 Å². The van der Waals surface area contributed by atoms with E-state index in [1.54, 1.807) is 11.3 Å². The van der Waals surface area contributed by atoms with Crippen LogP contribution < -0.4 is 5.32 Å². The third kappa shape index (κ3) is 4.07. The van der Waals surface area contributed by atoms with Crippen LogP contribution in [0.5, 0.6) is 0 Å². The lowest BCUT2D eigenvalue weighted by atomic mass is 9.83. The van der Waals surface area contributed by atoms with Crippen molar-refractivity contribution >= 4 is 11.3 Å². The molecule has 0 spiro atoms. The van der Waals surface area contributed by atoms with Gasteiger partial charge in [0, 0.05) is 30.0 Å². The first-order valence-corrected chi connectivity index (χ1v) is 7.08. The second-order valence-electron chi connectivity index (χ2n) is 4.53. The van der Waals surface area contributed by atoms with Gasteiger partial charge < -0.3 is 15.5 Å². The third-order valence-corrected chi connectivity index (χ3v) is 4.52. The first-order valence-electron chi connectivity index (χ1n) is 6.20. The van der Waals surface area contributed by atoms with Gasteiger partial charge in [-0.05, 0) is 24.3 Å². The lowest BCUT2D eigenvalue weighted by Gasteiger charge is -2.30. The zero-order chi connectivity index (χ0) is 12.7. The molecule has 0 aliphatic carbocycles. The van der Waals surface area contributed by atoms with Crippen LogP contribution in [0.3, 0.4) is 0 Å². The highest BCUT2D eigenvalue weighted by atomic mass is 32.1. The molecule has 1 aromatic heterocycles. The molecule has 0 radical (unpaired) electrons. The van der Waals surface area contributed by atoms with E-state index in [0.29, 0.717) is 6.54 Å². The molecule has 17 heavy (non-hydrogen) atoms. The molecule has 0 aliphatic heterocycles. The van der Waals surface area contributed by atoms with Crippen molar-refractivity contribution in [3.63, 3.8) is 0 Å². The molecule has 0 aromatic carbocycles. The quantitative estimate of drug-likeness (QED) is 0.669. The smallest absolute Gasteiger partial charge is 0.101 e. The molecule has 0 amide bonds. The summed E-state index contributed by atoms with van der Waals surface area (Å²) in [7, 11) is 0. The maximum absolute atomic E-state index is 9.91. The van der Waals surface area contributed by atoms with E-state index >= 15 is 0 Å². The summed E-state index contributed by atoms with van der Waals surface area (Å²) >= 11 is 1.57. The summed E-state index contributed by atoms with van der Waals surface area (Å²) in [6.45, 7) is 5.68. The molecule has 0 saturated heterocycles.